The van der Waals surface area contributed by atoms with E-state index in [4.69, 9.17) is 15.3 Å². The first-order valence-electron chi connectivity index (χ1n) is 1.87. The number of hydrogen-bond acceptors (Lipinski definition) is 4. The fourth-order valence-electron chi connectivity index (χ4n) is 0.0791. The van der Waals surface area contributed by atoms with Crippen LogP contribution in [0.5, 0.6) is 0 Å². The molecule has 0 aromatic rings. The van der Waals surface area contributed by atoms with E-state index in [1.165, 1.54) is 7.05 Å². The van der Waals surface area contributed by atoms with Gasteiger partial charge in [-0.2, -0.15) is 0 Å². The number of aliphatic hydroxyl groups excluding tert-OH is 1. The molecular weight excluding hydrogens is 98.0 g/mol. The van der Waals surface area contributed by atoms with Crippen molar-refractivity contribution in [1.82, 2.24) is 5.32 Å². The maximum atomic E-state index is 8.33. The number of aliphatic hydroxyl groups is 3. The van der Waals surface area contributed by atoms with Crippen molar-refractivity contribution in [2.75, 3.05) is 13.7 Å². The van der Waals surface area contributed by atoms with E-state index in [0.717, 1.165) is 0 Å². The molecule has 4 N–H and O–H groups in total. The average Bonchev–Trinajstić information content (AvgIpc) is 1.68. The minimum absolute atomic E-state index is 0.705. The normalized spacial score (nSPS) is 12.0. The number of hydrogen-bond donors (Lipinski definition) is 4. The predicted octanol–water partition coefficient (Wildman–Crippen LogP) is -2.16. The van der Waals surface area contributed by atoms with E-state index in [2.05, 4.69) is 5.32 Å². The Labute approximate surface area is 41.4 Å². The first-order chi connectivity index (χ1) is 3.12. The Bertz CT molecular complexity index is 48.1. The Morgan fingerprint density at radius 1 is 1.57 bits per heavy atom. The lowest BCUT2D eigenvalue weighted by Gasteiger charge is -2.15. The van der Waals surface area contributed by atoms with Gasteiger partial charge in [0, 0.05) is 0 Å². The highest BCUT2D eigenvalue weighted by Crippen LogP contribution is 1.85. The minimum Gasteiger partial charge on any atom is -0.389 e. The Morgan fingerprint density at radius 3 is 2.00 bits per heavy atom. The van der Waals surface area contributed by atoms with Gasteiger partial charge in [0.15, 0.2) is 0 Å². The molecule has 0 aliphatic carbocycles. The zero-order chi connectivity index (χ0) is 5.91. The van der Waals surface area contributed by atoms with E-state index in [0.29, 0.717) is 0 Å². The van der Waals surface area contributed by atoms with Crippen molar-refractivity contribution in [1.29, 1.82) is 0 Å². The second-order valence-corrected chi connectivity index (χ2v) is 1.22. The Kier molecular flexibility index (Phi) is 2.17. The lowest BCUT2D eigenvalue weighted by Crippen LogP contribution is -2.45. The monoisotopic (exact) mass is 107 g/mol. The Hall–Kier alpha value is -0.160. The van der Waals surface area contributed by atoms with Crippen LogP contribution in [0.4, 0.5) is 0 Å². The maximum absolute atomic E-state index is 8.33. The van der Waals surface area contributed by atoms with E-state index < -0.39 is 12.5 Å². The average molecular weight is 107 g/mol. The molecule has 0 saturated carbocycles. The zero-order valence-corrected chi connectivity index (χ0v) is 4.05. The lowest BCUT2D eigenvalue weighted by molar-refractivity contribution is -0.204. The van der Waals surface area contributed by atoms with Crippen molar-refractivity contribution in [3.63, 3.8) is 0 Å². The molecule has 4 nitrogen and oxygen atoms in total. The van der Waals surface area contributed by atoms with Gasteiger partial charge in [-0.25, -0.2) is 0 Å². The van der Waals surface area contributed by atoms with Crippen LogP contribution in [0.3, 0.4) is 0 Å². The van der Waals surface area contributed by atoms with Gasteiger partial charge in [0.1, 0.15) is 6.61 Å². The topological polar surface area (TPSA) is 72.7 Å². The molecule has 7 heavy (non-hydrogen) atoms. The standard InChI is InChI=1S/C3H9NO3/c1-4-3(6,7)2-5/h4-7H,2H2,1H3. The summed E-state index contributed by atoms with van der Waals surface area (Å²) < 4.78 is 0. The summed E-state index contributed by atoms with van der Waals surface area (Å²) in [5, 5.41) is 26.7. The molecule has 0 fully saturated rings. The van der Waals surface area contributed by atoms with E-state index in [1.807, 2.05) is 0 Å². The van der Waals surface area contributed by atoms with E-state index in [-0.39, 0.29) is 0 Å². The molecule has 0 heterocycles. The summed E-state index contributed by atoms with van der Waals surface area (Å²) in [7, 11) is 1.33. The molecule has 0 aliphatic rings. The van der Waals surface area contributed by atoms with Crippen molar-refractivity contribution in [2.24, 2.45) is 0 Å². The summed E-state index contributed by atoms with van der Waals surface area (Å²) in [6.07, 6.45) is 0. The lowest BCUT2D eigenvalue weighted by atomic mass is 10.5. The summed E-state index contributed by atoms with van der Waals surface area (Å²) in [4.78, 5) is 0. The zero-order valence-electron chi connectivity index (χ0n) is 4.05. The van der Waals surface area contributed by atoms with Gasteiger partial charge in [-0.05, 0) is 7.05 Å². The van der Waals surface area contributed by atoms with Gasteiger partial charge in [-0.15, -0.1) is 0 Å². The quantitative estimate of drug-likeness (QED) is 0.303. The fourth-order valence-corrected chi connectivity index (χ4v) is 0.0791. The molecule has 0 aromatic heterocycles. The van der Waals surface area contributed by atoms with E-state index in [9.17, 15) is 0 Å². The molecule has 0 saturated heterocycles. The third-order valence-corrected chi connectivity index (χ3v) is 0.621. The number of nitrogens with one attached hydrogen (secondary N) is 1. The van der Waals surface area contributed by atoms with Crippen LogP contribution in [0.15, 0.2) is 0 Å². The van der Waals surface area contributed by atoms with Gasteiger partial charge in [0.05, 0.1) is 0 Å². The summed E-state index contributed by atoms with van der Waals surface area (Å²) in [6, 6.07) is 0. The molecule has 4 heteroatoms. The van der Waals surface area contributed by atoms with Crippen molar-refractivity contribution in [3.05, 3.63) is 0 Å². The third-order valence-electron chi connectivity index (χ3n) is 0.621. The van der Waals surface area contributed by atoms with Gasteiger partial charge in [-0.1, -0.05) is 0 Å². The molecule has 0 spiro atoms. The molecule has 0 bridgehead atoms. The molecule has 0 aliphatic heterocycles. The number of likely N-dealkylation sites (N-methyl/N-ethyl adjacent to an activating group) is 1. The first-order valence-corrected chi connectivity index (χ1v) is 1.87. The van der Waals surface area contributed by atoms with Crippen molar-refractivity contribution < 1.29 is 15.3 Å². The molecule has 0 unspecified atom stereocenters. The second-order valence-electron chi connectivity index (χ2n) is 1.22. The van der Waals surface area contributed by atoms with Crippen LogP contribution < -0.4 is 5.32 Å². The van der Waals surface area contributed by atoms with Crippen LogP contribution in [0.25, 0.3) is 0 Å². The highest BCUT2D eigenvalue weighted by Gasteiger charge is 2.16. The van der Waals surface area contributed by atoms with E-state index in [1.54, 1.807) is 0 Å². The van der Waals surface area contributed by atoms with Crippen LogP contribution in [0, 0.1) is 0 Å². The second kappa shape index (κ2) is 2.23. The SMILES string of the molecule is CNC(O)(O)CO. The minimum atomic E-state index is -2.11. The smallest absolute Gasteiger partial charge is 0.246 e. The summed E-state index contributed by atoms with van der Waals surface area (Å²) in [6.45, 7) is -0.705. The molecule has 0 radical (unpaired) electrons. The molecule has 44 valence electrons. The molecule has 0 aromatic carbocycles. The molecule has 0 rings (SSSR count). The molecule has 0 amide bonds. The third kappa shape index (κ3) is 2.52. The van der Waals surface area contributed by atoms with Crippen LogP contribution in [0.1, 0.15) is 0 Å². The first kappa shape index (κ1) is 6.84. The summed E-state index contributed by atoms with van der Waals surface area (Å²) in [5.74, 6) is -2.11. The van der Waals surface area contributed by atoms with Gasteiger partial charge >= 0.3 is 0 Å². The van der Waals surface area contributed by atoms with Crippen LogP contribution in [-0.4, -0.2) is 34.9 Å². The molecule has 0 atom stereocenters. The van der Waals surface area contributed by atoms with Crippen molar-refractivity contribution in [2.45, 2.75) is 5.91 Å². The van der Waals surface area contributed by atoms with Gasteiger partial charge < -0.3 is 15.3 Å². The fraction of sp³-hybridized carbons (Fsp3) is 1.00. The Balaban J connectivity index is 3.36. The van der Waals surface area contributed by atoms with Gasteiger partial charge in [0.2, 0.25) is 5.91 Å². The number of rotatable bonds is 2. The highest BCUT2D eigenvalue weighted by molar-refractivity contribution is 4.51. The maximum Gasteiger partial charge on any atom is 0.246 e. The van der Waals surface area contributed by atoms with Crippen molar-refractivity contribution >= 4 is 0 Å². The summed E-state index contributed by atoms with van der Waals surface area (Å²) >= 11 is 0. The van der Waals surface area contributed by atoms with Gasteiger partial charge in [0.25, 0.3) is 0 Å². The summed E-state index contributed by atoms with van der Waals surface area (Å²) in [5.41, 5.74) is 0. The van der Waals surface area contributed by atoms with Crippen LogP contribution in [0.2, 0.25) is 0 Å². The van der Waals surface area contributed by atoms with Crippen LogP contribution in [-0.2, 0) is 0 Å². The van der Waals surface area contributed by atoms with Crippen molar-refractivity contribution in [3.8, 4) is 0 Å². The van der Waals surface area contributed by atoms with Gasteiger partial charge in [-0.3, -0.25) is 5.32 Å². The Morgan fingerprint density at radius 2 is 2.00 bits per heavy atom. The van der Waals surface area contributed by atoms with Crippen LogP contribution >= 0.6 is 0 Å². The highest BCUT2D eigenvalue weighted by atomic mass is 16.5. The largest absolute Gasteiger partial charge is 0.389 e. The molecular formula is C3H9NO3. The van der Waals surface area contributed by atoms with E-state index >= 15 is 0 Å². The predicted molar refractivity (Wildman–Crippen MR) is 23.3 cm³/mol.